The van der Waals surface area contributed by atoms with Crippen LogP contribution < -0.4 is 4.42 Å². The molecule has 7 heteroatoms. The van der Waals surface area contributed by atoms with Crippen molar-refractivity contribution in [1.29, 1.82) is 0 Å². The Hall–Kier alpha value is -1.04. The van der Waals surface area contributed by atoms with Gasteiger partial charge in [-0.3, -0.25) is 9.40 Å². The molecular formula is C10H8Cl2N2O2S. The van der Waals surface area contributed by atoms with E-state index >= 15 is 0 Å². The minimum atomic E-state index is -3.80. The molecule has 0 aliphatic rings. The zero-order chi connectivity index (χ0) is 12.6. The van der Waals surface area contributed by atoms with Gasteiger partial charge in [0.25, 0.3) is 9.05 Å². The predicted molar refractivity (Wildman–Crippen MR) is 69.0 cm³/mol. The number of fused-ring (bicyclic) bond motifs is 1. The van der Waals surface area contributed by atoms with Gasteiger partial charge in [-0.1, -0.05) is 6.07 Å². The largest absolute Gasteiger partial charge is 0.288 e. The van der Waals surface area contributed by atoms with E-state index in [1.165, 1.54) is 10.6 Å². The van der Waals surface area contributed by atoms with Gasteiger partial charge in [-0.05, 0) is 12.1 Å². The highest BCUT2D eigenvalue weighted by molar-refractivity contribution is 8.14. The number of anilines is 1. The van der Waals surface area contributed by atoms with Crippen molar-refractivity contribution in [3.8, 4) is 0 Å². The maximum Gasteiger partial charge on any atom is 0.263 e. The smallest absolute Gasteiger partial charge is 0.263 e. The molecule has 0 atom stereocenters. The lowest BCUT2D eigenvalue weighted by Gasteiger charge is -2.10. The minimum absolute atomic E-state index is 0.000409. The number of hydrogen-bond donors (Lipinski definition) is 0. The quantitative estimate of drug-likeness (QED) is 0.630. The summed E-state index contributed by atoms with van der Waals surface area (Å²) in [6.45, 7) is 0. The number of pyridine rings is 1. The first kappa shape index (κ1) is 12.4. The van der Waals surface area contributed by atoms with Crippen LogP contribution in [0.5, 0.6) is 0 Å². The molecule has 0 N–H and O–H groups in total. The summed E-state index contributed by atoms with van der Waals surface area (Å²) in [6.07, 6.45) is 2.79. The maximum absolute atomic E-state index is 11.4. The lowest BCUT2D eigenvalue weighted by molar-refractivity contribution is 0.610. The number of nitrogens with zero attached hydrogens (tertiary/aromatic N) is 2. The lowest BCUT2D eigenvalue weighted by atomic mass is 10.1. The molecule has 2 aromatic rings. The van der Waals surface area contributed by atoms with Gasteiger partial charge in [0.2, 0.25) is 0 Å². The fourth-order valence-electron chi connectivity index (χ4n) is 1.52. The molecule has 0 aliphatic carbocycles. The third-order valence-electron chi connectivity index (χ3n) is 2.32. The van der Waals surface area contributed by atoms with E-state index in [9.17, 15) is 8.42 Å². The summed E-state index contributed by atoms with van der Waals surface area (Å²) in [5.41, 5.74) is 0.741. The van der Waals surface area contributed by atoms with Crippen molar-refractivity contribution in [2.75, 3.05) is 11.5 Å². The third kappa shape index (κ3) is 2.46. The Kier molecular flexibility index (Phi) is 3.16. The van der Waals surface area contributed by atoms with Crippen molar-refractivity contribution in [3.63, 3.8) is 0 Å². The van der Waals surface area contributed by atoms with Gasteiger partial charge in [-0.2, -0.15) is 0 Å². The molecule has 90 valence electrons. The molecule has 2 rings (SSSR count). The third-order valence-corrected chi connectivity index (χ3v) is 3.87. The molecule has 1 aromatic heterocycles. The molecule has 0 spiro atoms. The van der Waals surface area contributed by atoms with E-state index in [0.717, 1.165) is 5.69 Å². The average Bonchev–Trinajstić information content (AvgIpc) is 2.26. The number of benzene rings is 1. The Morgan fingerprint density at radius 1 is 1.29 bits per heavy atom. The van der Waals surface area contributed by atoms with Gasteiger partial charge in [0, 0.05) is 52.7 Å². The molecular weight excluding hydrogens is 283 g/mol. The van der Waals surface area contributed by atoms with Crippen molar-refractivity contribution in [3.05, 3.63) is 30.6 Å². The summed E-state index contributed by atoms with van der Waals surface area (Å²) >= 11 is 5.80. The Balaban J connectivity index is 2.76. The number of hydrogen-bond acceptors (Lipinski definition) is 4. The summed E-state index contributed by atoms with van der Waals surface area (Å²) in [5.74, 6) is 0. The molecule has 0 fully saturated rings. The number of halogens is 2. The molecule has 0 radical (unpaired) electrons. The van der Waals surface area contributed by atoms with Crippen molar-refractivity contribution in [1.82, 2.24) is 4.98 Å². The molecule has 0 saturated heterocycles. The number of rotatable bonds is 2. The van der Waals surface area contributed by atoms with Gasteiger partial charge in [-0.15, -0.1) is 0 Å². The first-order valence-corrected chi connectivity index (χ1v) is 7.26. The van der Waals surface area contributed by atoms with E-state index in [-0.39, 0.29) is 4.90 Å². The predicted octanol–water partition coefficient (Wildman–Crippen LogP) is 2.75. The highest BCUT2D eigenvalue weighted by Crippen LogP contribution is 2.28. The van der Waals surface area contributed by atoms with E-state index in [4.69, 9.17) is 22.5 Å². The van der Waals surface area contributed by atoms with Crippen LogP contribution in [0.15, 0.2) is 35.5 Å². The second-order valence-electron chi connectivity index (χ2n) is 3.46. The summed E-state index contributed by atoms with van der Waals surface area (Å²) in [5, 5.41) is 1.19. The van der Waals surface area contributed by atoms with Gasteiger partial charge >= 0.3 is 0 Å². The Labute approximate surface area is 108 Å². The zero-order valence-corrected chi connectivity index (χ0v) is 11.1. The Morgan fingerprint density at radius 2 is 2.00 bits per heavy atom. The van der Waals surface area contributed by atoms with Gasteiger partial charge < -0.3 is 0 Å². The first-order chi connectivity index (χ1) is 7.89. The standard InChI is InChI=1S/C10H8Cl2N2O2S/c1-14(11)8-2-3-9-7(4-8)5-13-6-10(9)17(12,15)16/h2-6H,1H3. The van der Waals surface area contributed by atoms with Crippen LogP contribution in [0.2, 0.25) is 0 Å². The molecule has 0 unspecified atom stereocenters. The minimum Gasteiger partial charge on any atom is -0.288 e. The van der Waals surface area contributed by atoms with Crippen LogP contribution in [0.3, 0.4) is 0 Å². The van der Waals surface area contributed by atoms with Crippen LogP contribution in [-0.4, -0.2) is 20.4 Å². The van der Waals surface area contributed by atoms with Crippen molar-refractivity contribution < 1.29 is 8.42 Å². The SMILES string of the molecule is CN(Cl)c1ccc2c(S(=O)(=O)Cl)cncc2c1. The van der Waals surface area contributed by atoms with Gasteiger partial charge in [0.15, 0.2) is 0 Å². The topological polar surface area (TPSA) is 50.3 Å². The van der Waals surface area contributed by atoms with Gasteiger partial charge in [0.1, 0.15) is 4.90 Å². The van der Waals surface area contributed by atoms with Crippen molar-refractivity contribution >= 4 is 48.0 Å². The summed E-state index contributed by atoms with van der Waals surface area (Å²) in [7, 11) is 3.22. The Morgan fingerprint density at radius 3 is 2.59 bits per heavy atom. The molecule has 0 saturated carbocycles. The van der Waals surface area contributed by atoms with E-state index in [1.807, 2.05) is 0 Å². The zero-order valence-electron chi connectivity index (χ0n) is 8.76. The van der Waals surface area contributed by atoms with Gasteiger partial charge in [-0.25, -0.2) is 8.42 Å². The molecule has 4 nitrogen and oxygen atoms in total. The van der Waals surface area contributed by atoms with E-state index in [0.29, 0.717) is 10.8 Å². The molecule has 0 bridgehead atoms. The second kappa shape index (κ2) is 4.33. The first-order valence-electron chi connectivity index (χ1n) is 4.61. The van der Waals surface area contributed by atoms with Crippen LogP contribution in [0.25, 0.3) is 10.8 Å². The molecule has 0 amide bonds. The summed E-state index contributed by atoms with van der Waals surface area (Å²) in [4.78, 5) is 3.85. The monoisotopic (exact) mass is 290 g/mol. The fraction of sp³-hybridized carbons (Fsp3) is 0.100. The van der Waals surface area contributed by atoms with Crippen LogP contribution in [-0.2, 0) is 9.05 Å². The molecule has 0 aliphatic heterocycles. The lowest BCUT2D eigenvalue weighted by Crippen LogP contribution is -2.00. The van der Waals surface area contributed by atoms with Crippen LogP contribution in [0.4, 0.5) is 5.69 Å². The fourth-order valence-corrected chi connectivity index (χ4v) is 2.63. The number of aromatic nitrogens is 1. The van der Waals surface area contributed by atoms with E-state index in [1.54, 1.807) is 31.4 Å². The van der Waals surface area contributed by atoms with Crippen LogP contribution in [0, 0.1) is 0 Å². The highest BCUT2D eigenvalue weighted by Gasteiger charge is 2.15. The van der Waals surface area contributed by atoms with Crippen molar-refractivity contribution in [2.24, 2.45) is 0 Å². The maximum atomic E-state index is 11.4. The normalized spacial score (nSPS) is 11.7. The molecule has 1 heterocycles. The van der Waals surface area contributed by atoms with Crippen molar-refractivity contribution in [2.45, 2.75) is 4.90 Å². The summed E-state index contributed by atoms with van der Waals surface area (Å²) < 4.78 is 24.1. The molecule has 1 aromatic carbocycles. The summed E-state index contributed by atoms with van der Waals surface area (Å²) in [6, 6.07) is 5.10. The second-order valence-corrected chi connectivity index (χ2v) is 6.50. The van der Waals surface area contributed by atoms with E-state index in [2.05, 4.69) is 4.98 Å². The molecule has 17 heavy (non-hydrogen) atoms. The Bertz CT molecular complexity index is 671. The van der Waals surface area contributed by atoms with E-state index < -0.39 is 9.05 Å². The highest BCUT2D eigenvalue weighted by atomic mass is 35.7. The average molecular weight is 291 g/mol. The van der Waals surface area contributed by atoms with Gasteiger partial charge in [0.05, 0.1) is 5.69 Å². The van der Waals surface area contributed by atoms with Crippen LogP contribution >= 0.6 is 22.5 Å². The van der Waals surface area contributed by atoms with Crippen LogP contribution in [0.1, 0.15) is 0 Å².